The number of carbonyl (C=O) groups is 2. The molecule has 4 rings (SSSR count). The Kier molecular flexibility index (Phi) is 8.67. The highest BCUT2D eigenvalue weighted by atomic mass is 35.5. The molecule has 3 aromatic rings. The van der Waals surface area contributed by atoms with E-state index in [9.17, 15) is 14.7 Å². The number of nitrogens with zero attached hydrogens (tertiary/aromatic N) is 1. The number of methoxy groups -OCH3 is 1. The van der Waals surface area contributed by atoms with Crippen LogP contribution in [0.25, 0.3) is 11.1 Å². The number of hydrogen-bond acceptors (Lipinski definition) is 5. The fourth-order valence-corrected chi connectivity index (χ4v) is 5.20. The predicted molar refractivity (Wildman–Crippen MR) is 153 cm³/mol. The van der Waals surface area contributed by atoms with Crippen molar-refractivity contribution in [1.82, 2.24) is 4.90 Å². The van der Waals surface area contributed by atoms with Gasteiger partial charge in [0.2, 0.25) is 0 Å². The standard InChI is InChI=1S/C32H36ClNO5/c1-20-16-24(30(36)38-5)11-15-28(20)23-7-6-21-10-14-27(18-25(21)17-23)34(31(37)39-32(2,3)4)19-29(35)22-8-12-26(33)13-9-22/h6-9,11-13,15-17,27,29,35H,10,14,18-19H2,1-5H3/t27-,29-/m0/s1. The summed E-state index contributed by atoms with van der Waals surface area (Å²) in [5, 5.41) is 11.6. The van der Waals surface area contributed by atoms with Crippen molar-refractivity contribution in [3.63, 3.8) is 0 Å². The second-order valence-corrected chi connectivity index (χ2v) is 11.5. The Morgan fingerprint density at radius 2 is 1.77 bits per heavy atom. The lowest BCUT2D eigenvalue weighted by Gasteiger charge is -2.37. The van der Waals surface area contributed by atoms with E-state index in [-0.39, 0.29) is 18.6 Å². The van der Waals surface area contributed by atoms with Gasteiger partial charge in [-0.25, -0.2) is 9.59 Å². The average Bonchev–Trinajstić information content (AvgIpc) is 2.89. The van der Waals surface area contributed by atoms with Gasteiger partial charge in [0.25, 0.3) is 0 Å². The van der Waals surface area contributed by atoms with Crippen molar-refractivity contribution >= 4 is 23.7 Å². The predicted octanol–water partition coefficient (Wildman–Crippen LogP) is 6.93. The minimum atomic E-state index is -0.876. The van der Waals surface area contributed by atoms with Crippen LogP contribution in [0.15, 0.2) is 60.7 Å². The smallest absolute Gasteiger partial charge is 0.410 e. The van der Waals surface area contributed by atoms with Gasteiger partial charge < -0.3 is 19.5 Å². The number of fused-ring (bicyclic) bond motifs is 1. The average molecular weight is 550 g/mol. The molecule has 1 amide bonds. The summed E-state index contributed by atoms with van der Waals surface area (Å²) in [6.45, 7) is 7.62. The molecule has 2 atom stereocenters. The molecule has 0 aliphatic heterocycles. The van der Waals surface area contributed by atoms with Crippen LogP contribution in [-0.2, 0) is 22.3 Å². The van der Waals surface area contributed by atoms with Gasteiger partial charge in [0.05, 0.1) is 25.3 Å². The molecule has 0 spiro atoms. The first-order chi connectivity index (χ1) is 18.4. The maximum atomic E-state index is 13.4. The number of halogens is 1. The zero-order valence-corrected chi connectivity index (χ0v) is 23.9. The van der Waals surface area contributed by atoms with Crippen LogP contribution in [0.3, 0.4) is 0 Å². The highest BCUT2D eigenvalue weighted by Crippen LogP contribution is 2.32. The van der Waals surface area contributed by atoms with E-state index >= 15 is 0 Å². The van der Waals surface area contributed by atoms with E-state index < -0.39 is 17.8 Å². The van der Waals surface area contributed by atoms with E-state index in [1.165, 1.54) is 12.7 Å². The number of esters is 1. The third-order valence-electron chi connectivity index (χ3n) is 7.06. The molecule has 7 heteroatoms. The largest absolute Gasteiger partial charge is 0.465 e. The number of amides is 1. The van der Waals surface area contributed by atoms with Gasteiger partial charge in [0.1, 0.15) is 5.60 Å². The van der Waals surface area contributed by atoms with Crippen LogP contribution >= 0.6 is 11.6 Å². The SMILES string of the molecule is COC(=O)c1ccc(-c2ccc3c(c2)C[C@@H](N(C[C@H](O)c2ccc(Cl)cc2)C(=O)OC(C)(C)C)CC3)c(C)c1. The Bertz CT molecular complexity index is 1350. The molecule has 1 aliphatic rings. The summed E-state index contributed by atoms with van der Waals surface area (Å²) >= 11 is 6.02. The minimum Gasteiger partial charge on any atom is -0.465 e. The fraction of sp³-hybridized carbons (Fsp3) is 0.375. The lowest BCUT2D eigenvalue weighted by Crippen LogP contribution is -2.47. The zero-order chi connectivity index (χ0) is 28.3. The molecule has 0 saturated heterocycles. The highest BCUT2D eigenvalue weighted by Gasteiger charge is 2.33. The summed E-state index contributed by atoms with van der Waals surface area (Å²) in [6.07, 6.45) is 0.922. The molecule has 3 aromatic carbocycles. The summed E-state index contributed by atoms with van der Waals surface area (Å²) in [6, 6.07) is 18.9. The first kappa shape index (κ1) is 28.7. The van der Waals surface area contributed by atoms with Crippen molar-refractivity contribution in [2.24, 2.45) is 0 Å². The Hall–Kier alpha value is -3.35. The number of ether oxygens (including phenoxy) is 2. The number of aryl methyl sites for hydroxylation is 2. The van der Waals surface area contributed by atoms with E-state index in [4.69, 9.17) is 21.1 Å². The van der Waals surface area contributed by atoms with Gasteiger partial charge in [-0.05, 0) is 105 Å². The van der Waals surface area contributed by atoms with Crippen molar-refractivity contribution in [3.8, 4) is 11.1 Å². The summed E-state index contributed by atoms with van der Waals surface area (Å²) in [4.78, 5) is 27.0. The molecule has 0 heterocycles. The summed E-state index contributed by atoms with van der Waals surface area (Å²) in [7, 11) is 1.38. The van der Waals surface area contributed by atoms with Crippen LogP contribution < -0.4 is 0 Å². The second kappa shape index (κ2) is 11.8. The van der Waals surface area contributed by atoms with Gasteiger partial charge in [-0.2, -0.15) is 0 Å². The molecule has 39 heavy (non-hydrogen) atoms. The molecule has 0 aromatic heterocycles. The summed E-state index contributed by atoms with van der Waals surface area (Å²) in [5.41, 5.74) is 6.03. The number of carbonyl (C=O) groups excluding carboxylic acids is 2. The number of rotatable bonds is 6. The van der Waals surface area contributed by atoms with Crippen LogP contribution in [0.1, 0.15) is 65.9 Å². The normalized spacial score (nSPS) is 15.7. The third kappa shape index (κ3) is 7.00. The van der Waals surface area contributed by atoms with Crippen molar-refractivity contribution in [3.05, 3.63) is 93.5 Å². The molecule has 1 N–H and O–H groups in total. The molecule has 0 fully saturated rings. The molecule has 0 unspecified atom stereocenters. The molecule has 1 aliphatic carbocycles. The molecule has 0 saturated carbocycles. The van der Waals surface area contributed by atoms with Gasteiger partial charge in [-0.3, -0.25) is 0 Å². The lowest BCUT2D eigenvalue weighted by molar-refractivity contribution is 0.00195. The Morgan fingerprint density at radius 1 is 1.05 bits per heavy atom. The Balaban J connectivity index is 1.60. The van der Waals surface area contributed by atoms with Gasteiger partial charge in [0, 0.05) is 11.1 Å². The highest BCUT2D eigenvalue weighted by molar-refractivity contribution is 6.30. The van der Waals surface area contributed by atoms with E-state index in [1.54, 1.807) is 35.2 Å². The van der Waals surface area contributed by atoms with Gasteiger partial charge in [-0.1, -0.05) is 48.0 Å². The first-order valence-corrected chi connectivity index (χ1v) is 13.6. The van der Waals surface area contributed by atoms with Crippen LogP contribution in [0, 0.1) is 6.92 Å². The Labute approximate surface area is 235 Å². The van der Waals surface area contributed by atoms with Crippen LogP contribution in [0.5, 0.6) is 0 Å². The lowest BCUT2D eigenvalue weighted by atomic mass is 9.85. The van der Waals surface area contributed by atoms with Crippen LogP contribution in [0.2, 0.25) is 5.02 Å². The van der Waals surface area contributed by atoms with Crippen molar-refractivity contribution in [1.29, 1.82) is 0 Å². The third-order valence-corrected chi connectivity index (χ3v) is 7.31. The number of aliphatic hydroxyl groups is 1. The van der Waals surface area contributed by atoms with Crippen molar-refractivity contribution in [2.75, 3.05) is 13.7 Å². The molecule has 6 nitrogen and oxygen atoms in total. The van der Waals surface area contributed by atoms with Crippen molar-refractivity contribution < 1.29 is 24.2 Å². The molecule has 0 bridgehead atoms. The van der Waals surface area contributed by atoms with Gasteiger partial charge in [-0.15, -0.1) is 0 Å². The van der Waals surface area contributed by atoms with Crippen molar-refractivity contribution in [2.45, 2.75) is 64.7 Å². The van der Waals surface area contributed by atoms with E-state index in [0.29, 0.717) is 22.6 Å². The van der Waals surface area contributed by atoms with Crippen LogP contribution in [-0.4, -0.2) is 47.4 Å². The van der Waals surface area contributed by atoms with Gasteiger partial charge >= 0.3 is 12.1 Å². The molecular formula is C32H36ClNO5. The molecular weight excluding hydrogens is 514 g/mol. The summed E-state index contributed by atoms with van der Waals surface area (Å²) in [5.74, 6) is -0.360. The Morgan fingerprint density at radius 3 is 2.41 bits per heavy atom. The quantitative estimate of drug-likeness (QED) is 0.337. The zero-order valence-electron chi connectivity index (χ0n) is 23.2. The number of aliphatic hydroxyl groups excluding tert-OH is 1. The monoisotopic (exact) mass is 549 g/mol. The first-order valence-electron chi connectivity index (χ1n) is 13.2. The second-order valence-electron chi connectivity index (χ2n) is 11.1. The topological polar surface area (TPSA) is 76.1 Å². The maximum absolute atomic E-state index is 13.4. The van der Waals surface area contributed by atoms with Crippen LogP contribution in [0.4, 0.5) is 4.79 Å². The maximum Gasteiger partial charge on any atom is 0.410 e. The molecule has 0 radical (unpaired) electrons. The van der Waals surface area contributed by atoms with E-state index in [1.807, 2.05) is 39.8 Å². The summed E-state index contributed by atoms with van der Waals surface area (Å²) < 4.78 is 10.6. The van der Waals surface area contributed by atoms with Gasteiger partial charge in [0.15, 0.2) is 0 Å². The minimum absolute atomic E-state index is 0.115. The number of benzene rings is 3. The van der Waals surface area contributed by atoms with E-state index in [0.717, 1.165) is 35.1 Å². The molecule has 206 valence electrons. The van der Waals surface area contributed by atoms with E-state index in [2.05, 4.69) is 18.2 Å². The number of hydrogen-bond donors (Lipinski definition) is 1. The fourth-order valence-electron chi connectivity index (χ4n) is 5.07.